The summed E-state index contributed by atoms with van der Waals surface area (Å²) >= 11 is 0. The molecule has 0 atom stereocenters. The predicted molar refractivity (Wildman–Crippen MR) is 41.1 cm³/mol. The molecule has 0 fully saturated rings. The second kappa shape index (κ2) is 7.77. The van der Waals surface area contributed by atoms with Gasteiger partial charge in [-0.2, -0.15) is 9.78 Å². The lowest BCUT2D eigenvalue weighted by Crippen LogP contribution is -2.21. The second-order valence-corrected chi connectivity index (χ2v) is 2.08. The van der Waals surface area contributed by atoms with Gasteiger partial charge in [-0.3, -0.25) is 9.59 Å². The van der Waals surface area contributed by atoms with Crippen LogP contribution < -0.4 is 11.5 Å². The molecule has 76 valence electrons. The summed E-state index contributed by atoms with van der Waals surface area (Å²) in [6, 6.07) is 0. The van der Waals surface area contributed by atoms with Gasteiger partial charge < -0.3 is 11.5 Å². The van der Waals surface area contributed by atoms with Crippen LogP contribution in [0.2, 0.25) is 0 Å². The first kappa shape index (κ1) is 12.1. The number of carbonyl (C=O) groups is 2. The topological polar surface area (TPSA) is 114 Å². The van der Waals surface area contributed by atoms with Crippen LogP contribution in [0.5, 0.6) is 0 Å². The van der Waals surface area contributed by atoms with Crippen molar-refractivity contribution in [1.82, 2.24) is 0 Å². The molecule has 4 N–H and O–H groups in total. The van der Waals surface area contributed by atoms with E-state index in [0.717, 1.165) is 0 Å². The fourth-order valence-electron chi connectivity index (χ4n) is 0.331. The van der Waals surface area contributed by atoms with E-state index < -0.39 is 0 Å². The molecule has 0 heterocycles. The first-order chi connectivity index (χ1) is 6.20. The summed E-state index contributed by atoms with van der Waals surface area (Å²) in [6.07, 6.45) is 0. The molecular formula is C6H12N2O5. The molecular weight excluding hydrogens is 180 g/mol. The Bertz CT molecular complexity index is 154. The van der Waals surface area contributed by atoms with Gasteiger partial charge in [0, 0.05) is 0 Å². The zero-order chi connectivity index (χ0) is 10.1. The van der Waals surface area contributed by atoms with Crippen LogP contribution >= 0.6 is 0 Å². The van der Waals surface area contributed by atoms with Gasteiger partial charge in [-0.25, -0.2) is 0 Å². The smallest absolute Gasteiger partial charge is 0.175 e. The van der Waals surface area contributed by atoms with Crippen molar-refractivity contribution in [3.8, 4) is 0 Å². The number of Topliss-reactive ketones (excluding diaryl/α,β-unsaturated/α-hetero) is 2. The lowest BCUT2D eigenvalue weighted by molar-refractivity contribution is -0.504. The number of nitrogens with two attached hydrogens (primary N) is 2. The maximum atomic E-state index is 10.5. The second-order valence-electron chi connectivity index (χ2n) is 2.08. The van der Waals surface area contributed by atoms with E-state index >= 15 is 0 Å². The molecule has 0 aromatic heterocycles. The summed E-state index contributed by atoms with van der Waals surface area (Å²) in [6.45, 7) is -0.892. The van der Waals surface area contributed by atoms with Gasteiger partial charge in [0.05, 0.1) is 13.1 Å². The molecule has 0 rings (SSSR count). The number of hydrogen-bond donors (Lipinski definition) is 2. The van der Waals surface area contributed by atoms with E-state index in [1.807, 2.05) is 0 Å². The molecule has 7 nitrogen and oxygen atoms in total. The predicted octanol–water partition coefficient (Wildman–Crippen LogP) is -2.08. The zero-order valence-electron chi connectivity index (χ0n) is 7.02. The fraction of sp³-hybridized carbons (Fsp3) is 0.667. The average molecular weight is 192 g/mol. The molecule has 0 spiro atoms. The lowest BCUT2D eigenvalue weighted by atomic mass is 10.4. The Morgan fingerprint density at radius 3 is 1.62 bits per heavy atom. The Labute approximate surface area is 74.8 Å². The van der Waals surface area contributed by atoms with Gasteiger partial charge in [0.25, 0.3) is 0 Å². The Balaban J connectivity index is 3.17. The Kier molecular flexibility index (Phi) is 7.26. The largest absolute Gasteiger partial charge is 0.324 e. The quantitative estimate of drug-likeness (QED) is 0.258. The van der Waals surface area contributed by atoms with E-state index in [4.69, 9.17) is 11.5 Å². The van der Waals surface area contributed by atoms with Crippen molar-refractivity contribution in [2.45, 2.75) is 0 Å². The van der Waals surface area contributed by atoms with Gasteiger partial charge in [0.15, 0.2) is 11.6 Å². The van der Waals surface area contributed by atoms with Crippen LogP contribution in [0.15, 0.2) is 0 Å². The molecule has 13 heavy (non-hydrogen) atoms. The van der Waals surface area contributed by atoms with Crippen LogP contribution in [-0.2, 0) is 24.4 Å². The van der Waals surface area contributed by atoms with Crippen molar-refractivity contribution in [2.75, 3.05) is 26.3 Å². The highest BCUT2D eigenvalue weighted by molar-refractivity contribution is 5.81. The molecule has 0 aliphatic rings. The van der Waals surface area contributed by atoms with Crippen LogP contribution in [0.1, 0.15) is 0 Å². The minimum atomic E-state index is -0.339. The molecule has 0 unspecified atom stereocenters. The number of ketones is 2. The van der Waals surface area contributed by atoms with Crippen molar-refractivity contribution in [2.24, 2.45) is 11.5 Å². The zero-order valence-corrected chi connectivity index (χ0v) is 7.02. The highest BCUT2D eigenvalue weighted by Crippen LogP contribution is 1.82. The maximum Gasteiger partial charge on any atom is 0.175 e. The SMILES string of the molecule is NCC(=O)COOOCC(=O)CN. The Hall–Kier alpha value is -0.860. The highest BCUT2D eigenvalue weighted by atomic mass is 17.5. The van der Waals surface area contributed by atoms with Crippen molar-refractivity contribution >= 4 is 11.6 Å². The molecule has 0 aromatic rings. The van der Waals surface area contributed by atoms with Gasteiger partial charge >= 0.3 is 0 Å². The lowest BCUT2D eigenvalue weighted by Gasteiger charge is -2.00. The summed E-state index contributed by atoms with van der Waals surface area (Å²) in [5.74, 6) is -0.678. The molecule has 0 aliphatic carbocycles. The molecule has 0 aromatic carbocycles. The molecule has 0 bridgehead atoms. The van der Waals surface area contributed by atoms with Crippen LogP contribution in [-0.4, -0.2) is 37.9 Å². The van der Waals surface area contributed by atoms with E-state index in [2.05, 4.69) is 14.8 Å². The van der Waals surface area contributed by atoms with E-state index in [9.17, 15) is 9.59 Å². The van der Waals surface area contributed by atoms with E-state index in [1.165, 1.54) is 0 Å². The maximum absolute atomic E-state index is 10.5. The third-order valence-corrected chi connectivity index (χ3v) is 0.991. The molecule has 0 radical (unpaired) electrons. The van der Waals surface area contributed by atoms with Gasteiger partial charge in [-0.1, -0.05) is 5.04 Å². The number of carbonyl (C=O) groups excluding carboxylic acids is 2. The number of rotatable bonds is 8. The highest BCUT2D eigenvalue weighted by Gasteiger charge is 2.01. The summed E-state index contributed by atoms with van der Waals surface area (Å²) in [4.78, 5) is 29.5. The molecule has 0 amide bonds. The average Bonchev–Trinajstić information content (AvgIpc) is 2.16. The van der Waals surface area contributed by atoms with Crippen molar-refractivity contribution in [3.05, 3.63) is 0 Å². The Morgan fingerprint density at radius 2 is 1.31 bits per heavy atom. The number of hydrogen-bond acceptors (Lipinski definition) is 7. The molecule has 0 saturated heterocycles. The van der Waals surface area contributed by atoms with Gasteiger partial charge in [-0.05, 0) is 0 Å². The molecule has 7 heteroatoms. The first-order valence-corrected chi connectivity index (χ1v) is 3.55. The monoisotopic (exact) mass is 192 g/mol. The minimum absolute atomic E-state index is 0.134. The molecule has 0 saturated carbocycles. The van der Waals surface area contributed by atoms with E-state index in [1.54, 1.807) is 0 Å². The molecule has 0 aliphatic heterocycles. The summed E-state index contributed by atoms with van der Waals surface area (Å²) in [7, 11) is 0. The van der Waals surface area contributed by atoms with Crippen LogP contribution in [0.25, 0.3) is 0 Å². The third-order valence-electron chi connectivity index (χ3n) is 0.991. The Morgan fingerprint density at radius 1 is 0.923 bits per heavy atom. The van der Waals surface area contributed by atoms with Crippen molar-refractivity contribution < 1.29 is 24.4 Å². The van der Waals surface area contributed by atoms with Crippen LogP contribution in [0.3, 0.4) is 0 Å². The van der Waals surface area contributed by atoms with E-state index in [-0.39, 0.29) is 37.9 Å². The van der Waals surface area contributed by atoms with Gasteiger partial charge in [-0.15, -0.1) is 0 Å². The fourth-order valence-corrected chi connectivity index (χ4v) is 0.331. The van der Waals surface area contributed by atoms with Gasteiger partial charge in [0.1, 0.15) is 13.2 Å². The van der Waals surface area contributed by atoms with Crippen molar-refractivity contribution in [3.63, 3.8) is 0 Å². The normalized spacial score (nSPS) is 10.0. The minimum Gasteiger partial charge on any atom is -0.324 e. The van der Waals surface area contributed by atoms with E-state index in [0.29, 0.717) is 0 Å². The van der Waals surface area contributed by atoms with Crippen molar-refractivity contribution in [1.29, 1.82) is 0 Å². The third kappa shape index (κ3) is 7.50. The van der Waals surface area contributed by atoms with Crippen LogP contribution in [0, 0.1) is 0 Å². The van der Waals surface area contributed by atoms with Crippen LogP contribution in [0.4, 0.5) is 0 Å². The standard InChI is InChI=1S/C6H12N2O5/c7-1-5(9)3-11-13-12-4-6(10)2-8/h1-4,7-8H2. The van der Waals surface area contributed by atoms with Gasteiger partial charge in [0.2, 0.25) is 0 Å². The summed E-state index contributed by atoms with van der Waals surface area (Å²) in [5.41, 5.74) is 9.92. The summed E-state index contributed by atoms with van der Waals surface area (Å²) < 4.78 is 0. The summed E-state index contributed by atoms with van der Waals surface area (Å²) in [5, 5.41) is 4.03. The first-order valence-electron chi connectivity index (χ1n) is 3.55.